The van der Waals surface area contributed by atoms with Gasteiger partial charge in [0.2, 0.25) is 5.91 Å². The van der Waals surface area contributed by atoms with Crippen LogP contribution in [0.5, 0.6) is 0 Å². The summed E-state index contributed by atoms with van der Waals surface area (Å²) in [6, 6.07) is 14.4. The van der Waals surface area contributed by atoms with Crippen LogP contribution < -0.4 is 0 Å². The van der Waals surface area contributed by atoms with Crippen LogP contribution in [0.4, 0.5) is 4.39 Å². The van der Waals surface area contributed by atoms with Gasteiger partial charge < -0.3 is 4.90 Å². The molecule has 0 heterocycles. The van der Waals surface area contributed by atoms with Crippen molar-refractivity contribution < 1.29 is 9.18 Å². The number of likely N-dealkylation sites (N-methyl/N-ethyl adjacent to an activating group) is 1. The monoisotopic (exact) mass is 361 g/mol. The van der Waals surface area contributed by atoms with Crippen molar-refractivity contribution in [3.63, 3.8) is 0 Å². The standard InChI is InChI=1S/C18H17BrFNO/c1-13(14-6-4-3-5-7-14)21(2)18(22)11-8-15-12-16(19)9-10-17(15)20/h3-13H,1-2H3/b11-8+. The minimum Gasteiger partial charge on any atom is -0.335 e. The molecule has 4 heteroatoms. The second-order valence-electron chi connectivity index (χ2n) is 5.03. The van der Waals surface area contributed by atoms with Crippen molar-refractivity contribution in [3.8, 4) is 0 Å². The van der Waals surface area contributed by atoms with Gasteiger partial charge in [-0.05, 0) is 36.8 Å². The summed E-state index contributed by atoms with van der Waals surface area (Å²) in [4.78, 5) is 13.9. The maximum absolute atomic E-state index is 13.6. The van der Waals surface area contributed by atoms with Crippen LogP contribution in [0.1, 0.15) is 24.1 Å². The summed E-state index contributed by atoms with van der Waals surface area (Å²) < 4.78 is 14.4. The van der Waals surface area contributed by atoms with E-state index in [1.807, 2.05) is 37.3 Å². The molecular weight excluding hydrogens is 345 g/mol. The minimum absolute atomic E-state index is 0.0503. The Morgan fingerprint density at radius 2 is 1.91 bits per heavy atom. The SMILES string of the molecule is CC(c1ccccc1)N(C)C(=O)/C=C/c1cc(Br)ccc1F. The molecule has 0 fully saturated rings. The fraction of sp³-hybridized carbons (Fsp3) is 0.167. The molecule has 0 bridgehead atoms. The van der Waals surface area contributed by atoms with Gasteiger partial charge in [0.15, 0.2) is 0 Å². The molecule has 0 radical (unpaired) electrons. The number of carbonyl (C=O) groups excluding carboxylic acids is 1. The van der Waals surface area contributed by atoms with E-state index in [1.165, 1.54) is 18.2 Å². The first-order valence-corrected chi connectivity index (χ1v) is 7.73. The van der Waals surface area contributed by atoms with E-state index in [9.17, 15) is 9.18 Å². The Morgan fingerprint density at radius 3 is 2.59 bits per heavy atom. The highest BCUT2D eigenvalue weighted by atomic mass is 79.9. The van der Waals surface area contributed by atoms with E-state index >= 15 is 0 Å². The summed E-state index contributed by atoms with van der Waals surface area (Å²) in [5.41, 5.74) is 1.43. The Morgan fingerprint density at radius 1 is 1.23 bits per heavy atom. The van der Waals surface area contributed by atoms with Crippen LogP contribution in [0.15, 0.2) is 59.1 Å². The van der Waals surface area contributed by atoms with E-state index in [0.29, 0.717) is 5.56 Å². The highest BCUT2D eigenvalue weighted by molar-refractivity contribution is 9.10. The summed E-state index contributed by atoms with van der Waals surface area (Å²) in [7, 11) is 1.74. The largest absolute Gasteiger partial charge is 0.335 e. The molecule has 114 valence electrons. The molecule has 0 N–H and O–H groups in total. The van der Waals surface area contributed by atoms with Crippen LogP contribution >= 0.6 is 15.9 Å². The van der Waals surface area contributed by atoms with Crippen LogP contribution in [0.2, 0.25) is 0 Å². The Hall–Kier alpha value is -1.94. The summed E-state index contributed by atoms with van der Waals surface area (Å²) in [5, 5.41) is 0. The fourth-order valence-corrected chi connectivity index (χ4v) is 2.45. The zero-order valence-electron chi connectivity index (χ0n) is 12.5. The molecule has 0 spiro atoms. The van der Waals surface area contributed by atoms with Crippen LogP contribution in [0, 0.1) is 5.82 Å². The van der Waals surface area contributed by atoms with E-state index in [-0.39, 0.29) is 17.8 Å². The Kier molecular flexibility index (Phi) is 5.50. The summed E-state index contributed by atoms with van der Waals surface area (Å²) in [6.07, 6.45) is 2.89. The average Bonchev–Trinajstić information content (AvgIpc) is 2.54. The van der Waals surface area contributed by atoms with E-state index < -0.39 is 0 Å². The zero-order chi connectivity index (χ0) is 16.1. The quantitative estimate of drug-likeness (QED) is 0.714. The molecule has 2 aromatic carbocycles. The minimum atomic E-state index is -0.356. The van der Waals surface area contributed by atoms with Crippen LogP contribution in [0.3, 0.4) is 0 Å². The van der Waals surface area contributed by atoms with Crippen molar-refractivity contribution in [3.05, 3.63) is 76.0 Å². The summed E-state index contributed by atoms with van der Waals surface area (Å²) in [5.74, 6) is -0.526. The average molecular weight is 362 g/mol. The lowest BCUT2D eigenvalue weighted by Gasteiger charge is -2.24. The molecule has 22 heavy (non-hydrogen) atoms. The lowest BCUT2D eigenvalue weighted by Crippen LogP contribution is -2.27. The molecule has 2 nitrogen and oxygen atoms in total. The molecule has 1 atom stereocenters. The molecule has 0 aliphatic heterocycles. The second-order valence-corrected chi connectivity index (χ2v) is 5.95. The Bertz CT molecular complexity index is 685. The molecule has 0 aliphatic rings. The number of benzene rings is 2. The van der Waals surface area contributed by atoms with Crippen molar-refractivity contribution in [1.82, 2.24) is 4.90 Å². The highest BCUT2D eigenvalue weighted by Crippen LogP contribution is 2.20. The third-order valence-corrected chi connectivity index (χ3v) is 4.07. The van der Waals surface area contributed by atoms with Gasteiger partial charge in [-0.2, -0.15) is 0 Å². The van der Waals surface area contributed by atoms with Gasteiger partial charge in [0, 0.05) is 23.2 Å². The third-order valence-electron chi connectivity index (χ3n) is 3.57. The molecule has 2 aromatic rings. The number of amides is 1. The molecule has 0 aromatic heterocycles. The number of hydrogen-bond donors (Lipinski definition) is 0. The third kappa shape index (κ3) is 4.04. The van der Waals surface area contributed by atoms with E-state index in [2.05, 4.69) is 15.9 Å². The summed E-state index contributed by atoms with van der Waals surface area (Å²) in [6.45, 7) is 1.96. The predicted molar refractivity (Wildman–Crippen MR) is 90.8 cm³/mol. The lowest BCUT2D eigenvalue weighted by atomic mass is 10.1. The van der Waals surface area contributed by atoms with Crippen LogP contribution in [-0.2, 0) is 4.79 Å². The molecule has 2 rings (SSSR count). The number of nitrogens with zero attached hydrogens (tertiary/aromatic N) is 1. The fourth-order valence-electron chi connectivity index (χ4n) is 2.07. The van der Waals surface area contributed by atoms with Crippen molar-refractivity contribution >= 4 is 27.9 Å². The number of carbonyl (C=O) groups is 1. The van der Waals surface area contributed by atoms with Gasteiger partial charge in [-0.15, -0.1) is 0 Å². The number of halogens is 2. The van der Waals surface area contributed by atoms with Crippen molar-refractivity contribution in [2.75, 3.05) is 7.05 Å². The van der Waals surface area contributed by atoms with Gasteiger partial charge >= 0.3 is 0 Å². The van der Waals surface area contributed by atoms with Gasteiger partial charge in [0.05, 0.1) is 6.04 Å². The lowest BCUT2D eigenvalue weighted by molar-refractivity contribution is -0.126. The smallest absolute Gasteiger partial charge is 0.246 e. The zero-order valence-corrected chi connectivity index (χ0v) is 14.0. The molecule has 0 saturated heterocycles. The molecule has 0 aliphatic carbocycles. The predicted octanol–water partition coefficient (Wildman–Crippen LogP) is 4.82. The van der Waals surface area contributed by atoms with Gasteiger partial charge in [0.25, 0.3) is 0 Å². The maximum atomic E-state index is 13.6. The molecule has 0 saturated carbocycles. The van der Waals surface area contributed by atoms with Gasteiger partial charge in [0.1, 0.15) is 5.82 Å². The summed E-state index contributed by atoms with van der Waals surface area (Å²) >= 11 is 3.29. The second kappa shape index (κ2) is 7.36. The first-order valence-electron chi connectivity index (χ1n) is 6.94. The van der Waals surface area contributed by atoms with Crippen LogP contribution in [-0.4, -0.2) is 17.9 Å². The van der Waals surface area contributed by atoms with E-state index in [1.54, 1.807) is 24.1 Å². The highest BCUT2D eigenvalue weighted by Gasteiger charge is 2.15. The normalized spacial score (nSPS) is 12.4. The maximum Gasteiger partial charge on any atom is 0.246 e. The molecular formula is C18H17BrFNO. The first-order chi connectivity index (χ1) is 10.5. The van der Waals surface area contributed by atoms with Crippen molar-refractivity contribution in [2.24, 2.45) is 0 Å². The topological polar surface area (TPSA) is 20.3 Å². The van der Waals surface area contributed by atoms with Gasteiger partial charge in [-0.3, -0.25) is 4.79 Å². The van der Waals surface area contributed by atoms with E-state index in [4.69, 9.17) is 0 Å². The van der Waals surface area contributed by atoms with Crippen molar-refractivity contribution in [1.29, 1.82) is 0 Å². The van der Waals surface area contributed by atoms with Gasteiger partial charge in [-0.1, -0.05) is 46.3 Å². The Balaban J connectivity index is 2.11. The molecule has 1 amide bonds. The van der Waals surface area contributed by atoms with Gasteiger partial charge in [-0.25, -0.2) is 4.39 Å². The number of rotatable bonds is 4. The van der Waals surface area contributed by atoms with E-state index in [0.717, 1.165) is 10.0 Å². The van der Waals surface area contributed by atoms with Crippen molar-refractivity contribution in [2.45, 2.75) is 13.0 Å². The first kappa shape index (κ1) is 16.4. The molecule has 1 unspecified atom stereocenters. The van der Waals surface area contributed by atoms with Crippen LogP contribution in [0.25, 0.3) is 6.08 Å². The number of hydrogen-bond acceptors (Lipinski definition) is 1. The Labute approximate surface area is 138 Å².